The van der Waals surface area contributed by atoms with Gasteiger partial charge in [-0.3, -0.25) is 30.2 Å². The van der Waals surface area contributed by atoms with Crippen molar-refractivity contribution in [3.63, 3.8) is 0 Å². The summed E-state index contributed by atoms with van der Waals surface area (Å²) >= 11 is 0. The molecule has 136 valence electrons. The number of rotatable bonds is 6. The van der Waals surface area contributed by atoms with Gasteiger partial charge < -0.3 is 5.32 Å². The van der Waals surface area contributed by atoms with Crippen LogP contribution in [0.5, 0.6) is 0 Å². The van der Waals surface area contributed by atoms with Crippen LogP contribution in [0.15, 0.2) is 54.9 Å². The lowest BCUT2D eigenvalue weighted by atomic mass is 9.85. The van der Waals surface area contributed by atoms with Crippen LogP contribution in [-0.4, -0.2) is 22.7 Å². The molecule has 1 heterocycles. The lowest BCUT2D eigenvalue weighted by Crippen LogP contribution is -2.43. The number of carbonyl (C=O) groups is 3. The predicted octanol–water partition coefficient (Wildman–Crippen LogP) is 2.29. The summed E-state index contributed by atoms with van der Waals surface area (Å²) in [5, 5.41) is 2.80. The first kappa shape index (κ1) is 19.1. The number of benzene rings is 1. The maximum Gasteiger partial charge on any atom is 0.271 e. The number of pyridine rings is 1. The van der Waals surface area contributed by atoms with E-state index in [-0.39, 0.29) is 24.7 Å². The van der Waals surface area contributed by atoms with Crippen LogP contribution in [0.3, 0.4) is 0 Å². The number of amides is 3. The first-order valence-electron chi connectivity index (χ1n) is 8.20. The number of anilines is 1. The molecule has 0 radical (unpaired) electrons. The minimum absolute atomic E-state index is 0.0858. The van der Waals surface area contributed by atoms with Crippen molar-refractivity contribution in [3.05, 3.63) is 60.4 Å². The second kappa shape index (κ2) is 8.75. The highest BCUT2D eigenvalue weighted by atomic mass is 16.2. The lowest BCUT2D eigenvalue weighted by molar-refractivity contribution is -0.124. The molecule has 0 saturated heterocycles. The molecule has 0 bridgehead atoms. The van der Waals surface area contributed by atoms with Crippen LogP contribution in [0.4, 0.5) is 5.69 Å². The van der Waals surface area contributed by atoms with Gasteiger partial charge in [0.2, 0.25) is 11.8 Å². The molecule has 3 N–H and O–H groups in total. The van der Waals surface area contributed by atoms with Gasteiger partial charge in [0, 0.05) is 30.9 Å². The molecule has 2 rings (SSSR count). The van der Waals surface area contributed by atoms with E-state index in [9.17, 15) is 14.4 Å². The van der Waals surface area contributed by atoms with Crippen LogP contribution in [0.25, 0.3) is 0 Å². The molecule has 3 amide bonds. The number of para-hydroxylation sites is 1. The zero-order valence-corrected chi connectivity index (χ0v) is 14.8. The second-order valence-corrected chi connectivity index (χ2v) is 6.68. The first-order chi connectivity index (χ1) is 12.4. The minimum atomic E-state index is -0.567. The first-order valence-corrected chi connectivity index (χ1v) is 8.20. The molecule has 1 aromatic heterocycles. The van der Waals surface area contributed by atoms with Crippen LogP contribution >= 0.6 is 0 Å². The van der Waals surface area contributed by atoms with Gasteiger partial charge in [-0.25, -0.2) is 0 Å². The fraction of sp³-hybridized carbons (Fsp3) is 0.263. The normalized spacial score (nSPS) is 10.7. The summed E-state index contributed by atoms with van der Waals surface area (Å²) in [7, 11) is 0. The van der Waals surface area contributed by atoms with Gasteiger partial charge in [0.25, 0.3) is 5.91 Å². The van der Waals surface area contributed by atoms with E-state index in [1.165, 1.54) is 6.20 Å². The number of carbonyl (C=O) groups excluding carboxylic acids is 3. The molecule has 7 nitrogen and oxygen atoms in total. The molecule has 0 atom stereocenters. The Labute approximate surface area is 152 Å². The van der Waals surface area contributed by atoms with E-state index in [1.54, 1.807) is 30.5 Å². The molecule has 0 aliphatic rings. The van der Waals surface area contributed by atoms with E-state index in [1.807, 2.05) is 32.0 Å². The van der Waals surface area contributed by atoms with Gasteiger partial charge in [0.1, 0.15) is 0 Å². The van der Waals surface area contributed by atoms with Gasteiger partial charge in [0.05, 0.1) is 5.56 Å². The van der Waals surface area contributed by atoms with Gasteiger partial charge in [-0.05, 0) is 29.7 Å². The number of hydrogen-bond donors (Lipinski definition) is 3. The maximum absolute atomic E-state index is 12.1. The van der Waals surface area contributed by atoms with Crippen molar-refractivity contribution in [1.82, 2.24) is 15.8 Å². The fourth-order valence-electron chi connectivity index (χ4n) is 2.40. The summed E-state index contributed by atoms with van der Waals surface area (Å²) < 4.78 is 0. The molecule has 2 aromatic rings. The second-order valence-electron chi connectivity index (χ2n) is 6.68. The van der Waals surface area contributed by atoms with E-state index < -0.39 is 11.3 Å². The van der Waals surface area contributed by atoms with Crippen molar-refractivity contribution in [2.24, 2.45) is 5.41 Å². The molecule has 0 aliphatic carbocycles. The minimum Gasteiger partial charge on any atom is -0.326 e. The van der Waals surface area contributed by atoms with Crippen LogP contribution in [0, 0.1) is 5.41 Å². The van der Waals surface area contributed by atoms with Crippen LogP contribution in [0.2, 0.25) is 0 Å². The van der Waals surface area contributed by atoms with Crippen molar-refractivity contribution < 1.29 is 14.4 Å². The Morgan fingerprint density at radius 1 is 0.923 bits per heavy atom. The molecule has 26 heavy (non-hydrogen) atoms. The Bertz CT molecular complexity index is 761. The summed E-state index contributed by atoms with van der Waals surface area (Å²) in [6, 6.07) is 12.3. The number of hydrogen-bond acceptors (Lipinski definition) is 4. The summed E-state index contributed by atoms with van der Waals surface area (Å²) in [4.78, 5) is 39.9. The maximum atomic E-state index is 12.1. The molecular weight excluding hydrogens is 332 g/mol. The summed E-state index contributed by atoms with van der Waals surface area (Å²) in [6.07, 6.45) is 3.21. The third-order valence-corrected chi connectivity index (χ3v) is 3.57. The Balaban J connectivity index is 1.79. The molecular formula is C19H22N4O3. The predicted molar refractivity (Wildman–Crippen MR) is 97.9 cm³/mol. The number of hydrazine groups is 1. The summed E-state index contributed by atoms with van der Waals surface area (Å²) in [5.74, 6) is -1.00. The van der Waals surface area contributed by atoms with E-state index in [2.05, 4.69) is 21.2 Å². The molecule has 0 fully saturated rings. The van der Waals surface area contributed by atoms with E-state index in [0.29, 0.717) is 11.3 Å². The highest BCUT2D eigenvalue weighted by molar-refractivity contribution is 5.95. The Kier molecular flexibility index (Phi) is 6.43. The highest BCUT2D eigenvalue weighted by Crippen LogP contribution is 2.25. The molecule has 0 spiro atoms. The number of nitrogens with one attached hydrogen (secondary N) is 3. The Hall–Kier alpha value is -3.22. The average molecular weight is 354 g/mol. The molecule has 1 aromatic carbocycles. The van der Waals surface area contributed by atoms with Crippen molar-refractivity contribution in [1.29, 1.82) is 0 Å². The van der Waals surface area contributed by atoms with Gasteiger partial charge in [-0.15, -0.1) is 0 Å². The van der Waals surface area contributed by atoms with Crippen LogP contribution in [0.1, 0.15) is 37.0 Å². The summed E-state index contributed by atoms with van der Waals surface area (Å²) in [6.45, 7) is 3.64. The zero-order valence-electron chi connectivity index (χ0n) is 14.8. The Morgan fingerprint density at radius 3 is 2.27 bits per heavy atom. The van der Waals surface area contributed by atoms with Gasteiger partial charge >= 0.3 is 0 Å². The SMILES string of the molecule is CC(C)(CC(=O)NNC(=O)c1cccnc1)CC(=O)Nc1ccccc1. The topological polar surface area (TPSA) is 100 Å². The van der Waals surface area contributed by atoms with Crippen LogP contribution < -0.4 is 16.2 Å². The smallest absolute Gasteiger partial charge is 0.271 e. The lowest BCUT2D eigenvalue weighted by Gasteiger charge is -2.23. The van der Waals surface area contributed by atoms with Crippen molar-refractivity contribution >= 4 is 23.4 Å². The number of aromatic nitrogens is 1. The van der Waals surface area contributed by atoms with Crippen molar-refractivity contribution in [2.75, 3.05) is 5.32 Å². The molecule has 0 aliphatic heterocycles. The fourth-order valence-corrected chi connectivity index (χ4v) is 2.40. The largest absolute Gasteiger partial charge is 0.326 e. The van der Waals surface area contributed by atoms with Crippen molar-refractivity contribution in [3.8, 4) is 0 Å². The van der Waals surface area contributed by atoms with Crippen LogP contribution in [-0.2, 0) is 9.59 Å². The monoisotopic (exact) mass is 354 g/mol. The van der Waals surface area contributed by atoms with E-state index in [0.717, 1.165) is 0 Å². The quantitative estimate of drug-likeness (QED) is 0.693. The van der Waals surface area contributed by atoms with Gasteiger partial charge in [-0.1, -0.05) is 32.0 Å². The van der Waals surface area contributed by atoms with E-state index >= 15 is 0 Å². The third kappa shape index (κ3) is 6.35. The Morgan fingerprint density at radius 2 is 1.62 bits per heavy atom. The van der Waals surface area contributed by atoms with Gasteiger partial charge in [-0.2, -0.15) is 0 Å². The standard InChI is InChI=1S/C19H22N4O3/c1-19(2,11-16(24)21-15-8-4-3-5-9-15)12-17(25)22-23-18(26)14-7-6-10-20-13-14/h3-10,13H,11-12H2,1-2H3,(H,21,24)(H,22,25)(H,23,26). The average Bonchev–Trinajstić information content (AvgIpc) is 2.60. The molecule has 7 heteroatoms. The zero-order chi connectivity index (χ0) is 19.0. The molecule has 0 unspecified atom stereocenters. The summed E-state index contributed by atoms with van der Waals surface area (Å²) in [5.41, 5.74) is 5.18. The van der Waals surface area contributed by atoms with Gasteiger partial charge in [0.15, 0.2) is 0 Å². The molecule has 0 saturated carbocycles. The van der Waals surface area contributed by atoms with Crippen molar-refractivity contribution in [2.45, 2.75) is 26.7 Å². The third-order valence-electron chi connectivity index (χ3n) is 3.57. The van der Waals surface area contributed by atoms with E-state index in [4.69, 9.17) is 0 Å². The highest BCUT2D eigenvalue weighted by Gasteiger charge is 2.25. The number of nitrogens with zero attached hydrogens (tertiary/aromatic N) is 1.